The lowest BCUT2D eigenvalue weighted by atomic mass is 10.2. The molecule has 2 rings (SSSR count). The van der Waals surface area contributed by atoms with E-state index >= 15 is 0 Å². The number of nitrogens with zero attached hydrogens (tertiary/aromatic N) is 2. The second kappa shape index (κ2) is 5.52. The van der Waals surface area contributed by atoms with Gasteiger partial charge in [0.2, 0.25) is 0 Å². The number of aromatic nitrogens is 1. The number of rotatable bonds is 4. The molecule has 1 N–H and O–H groups in total. The van der Waals surface area contributed by atoms with E-state index in [1.165, 1.54) is 31.4 Å². The number of hydrogen-bond donors (Lipinski definition) is 1. The quantitative estimate of drug-likeness (QED) is 0.686. The Hall–Kier alpha value is -2.70. The molecule has 0 aliphatic rings. The Morgan fingerprint density at radius 2 is 2.15 bits per heavy atom. The zero-order valence-electron chi connectivity index (χ0n) is 10.9. The number of benzene rings is 1. The van der Waals surface area contributed by atoms with E-state index in [9.17, 15) is 14.5 Å². The molecule has 0 spiro atoms. The van der Waals surface area contributed by atoms with Gasteiger partial charge in [-0.2, -0.15) is 0 Å². The summed E-state index contributed by atoms with van der Waals surface area (Å²) in [5, 5.41) is 13.6. The fraction of sp³-hybridized carbons (Fsp3) is 0.154. The second-order valence-electron chi connectivity index (χ2n) is 4.09. The molecule has 1 heterocycles. The summed E-state index contributed by atoms with van der Waals surface area (Å²) >= 11 is 0. The Bertz CT molecular complexity index is 661. The minimum atomic E-state index is -0.509. The predicted octanol–water partition coefficient (Wildman–Crippen LogP) is 3.19. The normalized spacial score (nSPS) is 10.2. The summed E-state index contributed by atoms with van der Waals surface area (Å²) in [4.78, 5) is 14.1. The maximum Gasteiger partial charge on any atom is 0.287 e. The number of anilines is 2. The summed E-state index contributed by atoms with van der Waals surface area (Å²) in [7, 11) is 1.37. The maximum atomic E-state index is 13.3. The molecule has 0 bridgehead atoms. The molecule has 1 aromatic heterocycles. The van der Waals surface area contributed by atoms with E-state index in [1.807, 2.05) is 0 Å². The van der Waals surface area contributed by atoms with Crippen LogP contribution >= 0.6 is 0 Å². The zero-order chi connectivity index (χ0) is 14.7. The van der Waals surface area contributed by atoms with E-state index in [1.54, 1.807) is 6.92 Å². The zero-order valence-corrected chi connectivity index (χ0v) is 10.9. The van der Waals surface area contributed by atoms with Gasteiger partial charge in [-0.1, -0.05) is 0 Å². The van der Waals surface area contributed by atoms with Gasteiger partial charge in [-0.05, 0) is 24.6 Å². The lowest BCUT2D eigenvalue weighted by Crippen LogP contribution is -1.99. The maximum absolute atomic E-state index is 13.3. The number of halogens is 1. The van der Waals surface area contributed by atoms with Gasteiger partial charge in [0.15, 0.2) is 11.6 Å². The minimum absolute atomic E-state index is 0.0789. The number of hydrogen-bond acceptors (Lipinski definition) is 5. The molecule has 1 aromatic carbocycles. The van der Waals surface area contributed by atoms with E-state index < -0.39 is 10.7 Å². The first kappa shape index (κ1) is 13.7. The van der Waals surface area contributed by atoms with E-state index in [0.717, 1.165) is 6.20 Å². The van der Waals surface area contributed by atoms with Crippen molar-refractivity contribution in [2.24, 2.45) is 0 Å². The van der Waals surface area contributed by atoms with Gasteiger partial charge in [-0.25, -0.2) is 9.37 Å². The SMILES string of the molecule is COc1cc(Nc2ncc([N+](=O)[O-])cc2C)ccc1F. The Kier molecular flexibility index (Phi) is 3.79. The lowest BCUT2D eigenvalue weighted by Gasteiger charge is -2.10. The van der Waals surface area contributed by atoms with Gasteiger partial charge in [0.05, 0.1) is 12.0 Å². The van der Waals surface area contributed by atoms with Crippen molar-refractivity contribution in [3.63, 3.8) is 0 Å². The third kappa shape index (κ3) is 2.82. The smallest absolute Gasteiger partial charge is 0.287 e. The van der Waals surface area contributed by atoms with Crippen molar-refractivity contribution in [3.8, 4) is 5.75 Å². The highest BCUT2D eigenvalue weighted by atomic mass is 19.1. The summed E-state index contributed by atoms with van der Waals surface area (Å²) < 4.78 is 18.2. The predicted molar refractivity (Wildman–Crippen MR) is 71.9 cm³/mol. The van der Waals surface area contributed by atoms with Crippen molar-refractivity contribution in [2.45, 2.75) is 6.92 Å². The van der Waals surface area contributed by atoms with Crippen molar-refractivity contribution >= 4 is 17.2 Å². The molecule has 0 unspecified atom stereocenters. The number of nitro groups is 1. The van der Waals surface area contributed by atoms with Crippen LogP contribution in [-0.4, -0.2) is 17.0 Å². The van der Waals surface area contributed by atoms with Crippen LogP contribution in [0.2, 0.25) is 0 Å². The fourth-order valence-corrected chi connectivity index (χ4v) is 1.66. The van der Waals surface area contributed by atoms with Gasteiger partial charge in [0.1, 0.15) is 12.0 Å². The van der Waals surface area contributed by atoms with Crippen molar-refractivity contribution in [1.29, 1.82) is 0 Å². The molecule has 0 atom stereocenters. The molecule has 6 nitrogen and oxygen atoms in total. The topological polar surface area (TPSA) is 77.3 Å². The van der Waals surface area contributed by atoms with Crippen LogP contribution in [-0.2, 0) is 0 Å². The van der Waals surface area contributed by atoms with Crippen molar-refractivity contribution in [1.82, 2.24) is 4.98 Å². The molecule has 104 valence electrons. The lowest BCUT2D eigenvalue weighted by molar-refractivity contribution is -0.385. The number of ether oxygens (including phenoxy) is 1. The standard InChI is InChI=1S/C13H12FN3O3/c1-8-5-10(17(18)19)7-15-13(8)16-9-3-4-11(14)12(6-9)20-2/h3-7H,1-2H3,(H,15,16). The third-order valence-electron chi connectivity index (χ3n) is 2.69. The highest BCUT2D eigenvalue weighted by Crippen LogP contribution is 2.26. The van der Waals surface area contributed by atoms with Crippen LogP contribution in [0.4, 0.5) is 21.6 Å². The van der Waals surface area contributed by atoms with E-state index in [0.29, 0.717) is 17.1 Å². The largest absolute Gasteiger partial charge is 0.494 e. The van der Waals surface area contributed by atoms with Gasteiger partial charge in [0, 0.05) is 17.8 Å². The molecule has 0 aliphatic carbocycles. The fourth-order valence-electron chi connectivity index (χ4n) is 1.66. The molecular formula is C13H12FN3O3. The molecule has 2 aromatic rings. The summed E-state index contributed by atoms with van der Waals surface area (Å²) in [6.45, 7) is 1.70. The molecule has 0 radical (unpaired) electrons. The molecular weight excluding hydrogens is 265 g/mol. The first-order chi connectivity index (χ1) is 9.51. The molecule has 0 fully saturated rings. The molecule has 0 aliphatic heterocycles. The van der Waals surface area contributed by atoms with Gasteiger partial charge >= 0.3 is 0 Å². The molecule has 0 saturated heterocycles. The van der Waals surface area contributed by atoms with Crippen LogP contribution in [0.25, 0.3) is 0 Å². The molecule has 20 heavy (non-hydrogen) atoms. The van der Waals surface area contributed by atoms with Crippen LogP contribution in [0.1, 0.15) is 5.56 Å². The van der Waals surface area contributed by atoms with Gasteiger partial charge in [-0.15, -0.1) is 0 Å². The van der Waals surface area contributed by atoms with Crippen LogP contribution in [0.5, 0.6) is 5.75 Å². The summed E-state index contributed by atoms with van der Waals surface area (Å²) in [5.74, 6) is 0.102. The number of pyridine rings is 1. The second-order valence-corrected chi connectivity index (χ2v) is 4.09. The summed E-state index contributed by atoms with van der Waals surface area (Å²) in [6, 6.07) is 5.69. The molecule has 7 heteroatoms. The Morgan fingerprint density at radius 1 is 1.40 bits per heavy atom. The van der Waals surface area contributed by atoms with Crippen LogP contribution < -0.4 is 10.1 Å². The highest BCUT2D eigenvalue weighted by molar-refractivity contribution is 5.62. The van der Waals surface area contributed by atoms with Gasteiger partial charge in [0.25, 0.3) is 5.69 Å². The van der Waals surface area contributed by atoms with Crippen molar-refractivity contribution in [2.75, 3.05) is 12.4 Å². The van der Waals surface area contributed by atoms with Crippen molar-refractivity contribution < 1.29 is 14.1 Å². The Labute approximate surface area is 114 Å². The summed E-state index contributed by atoms with van der Waals surface area (Å²) in [6.07, 6.45) is 1.16. The Morgan fingerprint density at radius 3 is 2.75 bits per heavy atom. The number of aryl methyl sites for hydroxylation is 1. The highest BCUT2D eigenvalue weighted by Gasteiger charge is 2.10. The monoisotopic (exact) mass is 277 g/mol. The molecule has 0 saturated carbocycles. The first-order valence-electron chi connectivity index (χ1n) is 5.73. The average Bonchev–Trinajstić information content (AvgIpc) is 2.42. The van der Waals surface area contributed by atoms with Gasteiger partial charge in [-0.3, -0.25) is 10.1 Å². The minimum Gasteiger partial charge on any atom is -0.494 e. The van der Waals surface area contributed by atoms with Gasteiger partial charge < -0.3 is 10.1 Å². The number of methoxy groups -OCH3 is 1. The van der Waals surface area contributed by atoms with Crippen molar-refractivity contribution in [3.05, 3.63) is 52.0 Å². The number of nitrogens with one attached hydrogen (secondary N) is 1. The Balaban J connectivity index is 2.28. The van der Waals surface area contributed by atoms with E-state index in [-0.39, 0.29) is 11.4 Å². The van der Waals surface area contributed by atoms with E-state index in [4.69, 9.17) is 4.74 Å². The first-order valence-corrected chi connectivity index (χ1v) is 5.73. The van der Waals surface area contributed by atoms with E-state index in [2.05, 4.69) is 10.3 Å². The molecule has 0 amide bonds. The average molecular weight is 277 g/mol. The van der Waals surface area contributed by atoms with Crippen LogP contribution in [0.15, 0.2) is 30.5 Å². The van der Waals surface area contributed by atoms with Crippen LogP contribution in [0, 0.1) is 22.9 Å². The van der Waals surface area contributed by atoms with Crippen LogP contribution in [0.3, 0.4) is 0 Å². The summed E-state index contributed by atoms with van der Waals surface area (Å²) in [5.41, 5.74) is 1.11. The third-order valence-corrected chi connectivity index (χ3v) is 2.69.